The van der Waals surface area contributed by atoms with Gasteiger partial charge in [0, 0.05) is 19.4 Å². The van der Waals surface area contributed by atoms with Gasteiger partial charge in [-0.3, -0.25) is 18.6 Å². The summed E-state index contributed by atoms with van der Waals surface area (Å²) in [4.78, 5) is 35.3. The summed E-state index contributed by atoms with van der Waals surface area (Å²) in [5.41, 5.74) is 5.39. The maximum atomic E-state index is 12.7. The van der Waals surface area contributed by atoms with E-state index in [0.29, 0.717) is 6.42 Å². The lowest BCUT2D eigenvalue weighted by Gasteiger charge is -2.19. The van der Waals surface area contributed by atoms with Gasteiger partial charge in [0.2, 0.25) is 0 Å². The van der Waals surface area contributed by atoms with E-state index in [-0.39, 0.29) is 32.6 Å². The summed E-state index contributed by atoms with van der Waals surface area (Å²) in [5, 5.41) is 0. The lowest BCUT2D eigenvalue weighted by Crippen LogP contribution is -2.29. The van der Waals surface area contributed by atoms with E-state index in [1.165, 1.54) is 64.2 Å². The van der Waals surface area contributed by atoms with E-state index in [2.05, 4.69) is 160 Å². The molecular weight excluding hydrogens is 978 g/mol. The summed E-state index contributed by atoms with van der Waals surface area (Å²) < 4.78 is 33.1. The predicted octanol–water partition coefficient (Wildman–Crippen LogP) is 19.5. The molecule has 10 heteroatoms. The zero-order valence-corrected chi connectivity index (χ0v) is 49.5. The average molecular weight is 1090 g/mol. The van der Waals surface area contributed by atoms with Crippen LogP contribution in [0.2, 0.25) is 0 Å². The van der Waals surface area contributed by atoms with Gasteiger partial charge in [-0.05, 0) is 116 Å². The summed E-state index contributed by atoms with van der Waals surface area (Å²) in [7, 11) is -4.41. The molecule has 2 atom stereocenters. The van der Waals surface area contributed by atoms with Crippen LogP contribution in [0.3, 0.4) is 0 Å². The molecule has 0 aliphatic heterocycles. The summed E-state index contributed by atoms with van der Waals surface area (Å²) in [6, 6.07) is 0. The molecule has 0 fully saturated rings. The molecule has 0 spiro atoms. The van der Waals surface area contributed by atoms with Crippen molar-refractivity contribution in [2.24, 2.45) is 5.73 Å². The van der Waals surface area contributed by atoms with Gasteiger partial charge in [0.05, 0.1) is 13.2 Å². The van der Waals surface area contributed by atoms with Gasteiger partial charge in [-0.2, -0.15) is 0 Å². The van der Waals surface area contributed by atoms with Crippen LogP contribution in [-0.4, -0.2) is 49.3 Å². The number of carbonyl (C=O) groups is 2. The molecule has 0 aliphatic rings. The Morgan fingerprint density at radius 1 is 0.390 bits per heavy atom. The number of phosphoric acid groups is 1. The van der Waals surface area contributed by atoms with E-state index in [9.17, 15) is 19.0 Å². The molecular formula is C67H110NO8P. The first-order valence-corrected chi connectivity index (χ1v) is 31.8. The van der Waals surface area contributed by atoms with Gasteiger partial charge in [0.1, 0.15) is 6.61 Å². The number of hydrogen-bond acceptors (Lipinski definition) is 8. The van der Waals surface area contributed by atoms with E-state index in [1.54, 1.807) is 0 Å². The lowest BCUT2D eigenvalue weighted by molar-refractivity contribution is -0.161. The Morgan fingerprint density at radius 2 is 0.675 bits per heavy atom. The molecule has 0 aromatic heterocycles. The van der Waals surface area contributed by atoms with E-state index < -0.39 is 32.5 Å². The maximum absolute atomic E-state index is 12.7. The van der Waals surface area contributed by atoms with Crippen molar-refractivity contribution in [1.29, 1.82) is 0 Å². The fraction of sp³-hybridized carbons (Fsp3) is 0.612. The highest BCUT2D eigenvalue weighted by Gasteiger charge is 2.26. The van der Waals surface area contributed by atoms with Crippen molar-refractivity contribution in [2.75, 3.05) is 26.4 Å². The van der Waals surface area contributed by atoms with E-state index in [1.807, 2.05) is 0 Å². The van der Waals surface area contributed by atoms with Gasteiger partial charge < -0.3 is 20.1 Å². The third kappa shape index (κ3) is 61.0. The van der Waals surface area contributed by atoms with E-state index in [4.69, 9.17) is 24.3 Å². The van der Waals surface area contributed by atoms with Crippen molar-refractivity contribution in [3.8, 4) is 0 Å². The van der Waals surface area contributed by atoms with Crippen LogP contribution in [-0.2, 0) is 32.7 Å². The van der Waals surface area contributed by atoms with Gasteiger partial charge in [-0.1, -0.05) is 250 Å². The molecule has 2 unspecified atom stereocenters. The van der Waals surface area contributed by atoms with Crippen LogP contribution in [0, 0.1) is 0 Å². The number of ether oxygens (including phenoxy) is 2. The normalized spacial score (nSPS) is 14.1. The fourth-order valence-corrected chi connectivity index (χ4v) is 8.58. The SMILES string of the molecule is CC/C=C\C/C=C\C/C=C\C/C=C\C/C=C\C/C=C\C/C=C\CCCCCCCC(=O)OC(COC(=O)CCCCCCCCCCCCCCC/C=C\C/C=C\C/C=C\C/C=C\C/C=C\CC)COP(=O)(O)OCCN. The minimum atomic E-state index is -4.41. The zero-order valence-electron chi connectivity index (χ0n) is 48.6. The Bertz CT molecular complexity index is 1770. The highest BCUT2D eigenvalue weighted by Crippen LogP contribution is 2.43. The zero-order chi connectivity index (χ0) is 55.9. The largest absolute Gasteiger partial charge is 0.472 e. The number of nitrogens with two attached hydrogens (primary N) is 1. The van der Waals surface area contributed by atoms with Gasteiger partial charge in [0.15, 0.2) is 6.10 Å². The Kier molecular flexibility index (Phi) is 57.8. The van der Waals surface area contributed by atoms with Crippen LogP contribution in [0.1, 0.15) is 232 Å². The Hall–Kier alpha value is -4.11. The standard InChI is InChI=1S/C67H110NO8P/c1-3-5-7-9-11-13-15-17-19-21-23-25-27-29-31-32-34-35-37-39-41-43-45-47-49-51-53-55-57-59-66(69)73-63-65(64-75-77(71,72)74-62-61-68)76-67(70)60-58-56-54-52-50-48-46-44-42-40-38-36-33-30-28-26-24-22-20-18-16-14-12-10-8-6-4-2/h5-8,11-14,17-20,23-26,29-31,33,38,40,44,46,65H,3-4,9-10,15-16,21-22,27-28,32,34-37,39,41-43,45,47-64,68H2,1-2H3,(H,71,72)/b7-5-,8-6-,13-11-,14-12-,19-17-,20-18-,25-23-,26-24-,31-29-,33-30-,40-38-,46-44-. The Morgan fingerprint density at radius 3 is 1.00 bits per heavy atom. The molecule has 0 aromatic carbocycles. The lowest BCUT2D eigenvalue weighted by atomic mass is 10.0. The third-order valence-electron chi connectivity index (χ3n) is 12.2. The highest BCUT2D eigenvalue weighted by atomic mass is 31.2. The number of allylic oxidation sites excluding steroid dienone is 24. The van der Waals surface area contributed by atoms with Crippen molar-refractivity contribution < 1.29 is 37.6 Å². The molecule has 0 aliphatic carbocycles. The van der Waals surface area contributed by atoms with Crippen LogP contribution < -0.4 is 5.73 Å². The molecule has 0 rings (SSSR count). The van der Waals surface area contributed by atoms with Crippen LogP contribution in [0.15, 0.2) is 146 Å². The topological polar surface area (TPSA) is 134 Å². The Balaban J connectivity index is 4.04. The molecule has 77 heavy (non-hydrogen) atoms. The van der Waals surface area contributed by atoms with Crippen molar-refractivity contribution in [3.63, 3.8) is 0 Å². The summed E-state index contributed by atoms with van der Waals surface area (Å²) in [5.74, 6) is -0.860. The fourth-order valence-electron chi connectivity index (χ4n) is 7.82. The smallest absolute Gasteiger partial charge is 0.462 e. The minimum Gasteiger partial charge on any atom is -0.462 e. The van der Waals surface area contributed by atoms with Crippen LogP contribution in [0.5, 0.6) is 0 Å². The molecule has 0 saturated heterocycles. The van der Waals surface area contributed by atoms with Crippen molar-refractivity contribution in [3.05, 3.63) is 146 Å². The van der Waals surface area contributed by atoms with Gasteiger partial charge in [-0.25, -0.2) is 4.57 Å². The van der Waals surface area contributed by atoms with Crippen molar-refractivity contribution in [1.82, 2.24) is 0 Å². The molecule has 0 heterocycles. The van der Waals surface area contributed by atoms with Crippen LogP contribution in [0.25, 0.3) is 0 Å². The van der Waals surface area contributed by atoms with Crippen molar-refractivity contribution in [2.45, 2.75) is 238 Å². The molecule has 0 aromatic rings. The Labute approximate surface area is 471 Å². The first-order chi connectivity index (χ1) is 37.8. The molecule has 9 nitrogen and oxygen atoms in total. The summed E-state index contributed by atoms with van der Waals surface area (Å²) >= 11 is 0. The molecule has 0 radical (unpaired) electrons. The van der Waals surface area contributed by atoms with Crippen molar-refractivity contribution >= 4 is 19.8 Å². The minimum absolute atomic E-state index is 0.0420. The maximum Gasteiger partial charge on any atom is 0.472 e. The number of phosphoric ester groups is 1. The first kappa shape index (κ1) is 72.9. The van der Waals surface area contributed by atoms with Gasteiger partial charge in [-0.15, -0.1) is 0 Å². The van der Waals surface area contributed by atoms with E-state index >= 15 is 0 Å². The van der Waals surface area contributed by atoms with Crippen LogP contribution >= 0.6 is 7.82 Å². The molecule has 0 amide bonds. The third-order valence-corrected chi connectivity index (χ3v) is 13.2. The second kappa shape index (κ2) is 61.1. The van der Waals surface area contributed by atoms with E-state index in [0.717, 1.165) is 135 Å². The second-order valence-corrected chi connectivity index (χ2v) is 20.9. The summed E-state index contributed by atoms with van der Waals surface area (Å²) in [6.07, 6.45) is 87.6. The summed E-state index contributed by atoms with van der Waals surface area (Å²) in [6.45, 7) is 3.48. The molecule has 3 N–H and O–H groups in total. The number of esters is 2. The molecule has 436 valence electrons. The molecule has 0 saturated carbocycles. The highest BCUT2D eigenvalue weighted by molar-refractivity contribution is 7.47. The number of rotatable bonds is 55. The van der Waals surface area contributed by atoms with Gasteiger partial charge in [0.25, 0.3) is 0 Å². The van der Waals surface area contributed by atoms with Crippen LogP contribution in [0.4, 0.5) is 0 Å². The number of unbranched alkanes of at least 4 members (excludes halogenated alkanes) is 18. The monoisotopic (exact) mass is 1090 g/mol. The number of hydrogen-bond donors (Lipinski definition) is 2. The van der Waals surface area contributed by atoms with Gasteiger partial charge >= 0.3 is 19.8 Å². The number of carbonyl (C=O) groups excluding carboxylic acids is 2. The second-order valence-electron chi connectivity index (χ2n) is 19.5. The quantitative estimate of drug-likeness (QED) is 0.0264. The first-order valence-electron chi connectivity index (χ1n) is 30.3. The predicted molar refractivity (Wildman–Crippen MR) is 330 cm³/mol. The average Bonchev–Trinajstić information content (AvgIpc) is 3.42. The molecule has 0 bridgehead atoms.